The van der Waals surface area contributed by atoms with Crippen molar-refractivity contribution < 1.29 is 14.3 Å². The molecule has 116 valence electrons. The molecule has 1 N–H and O–H groups in total. The van der Waals surface area contributed by atoms with Crippen LogP contribution in [0.25, 0.3) is 22.9 Å². The maximum absolute atomic E-state index is 11.1. The summed E-state index contributed by atoms with van der Waals surface area (Å²) in [6, 6.07) is 10.6. The number of carboxylic acid groups (broad SMARTS) is 1. The average Bonchev–Trinajstić information content (AvgIpc) is 2.96. The van der Waals surface area contributed by atoms with E-state index in [1.807, 2.05) is 20.8 Å². The van der Waals surface area contributed by atoms with Crippen molar-refractivity contribution in [3.8, 4) is 22.9 Å². The second kappa shape index (κ2) is 5.68. The van der Waals surface area contributed by atoms with Crippen LogP contribution in [0.1, 0.15) is 27.0 Å². The van der Waals surface area contributed by atoms with Gasteiger partial charge in [-0.05, 0) is 50.1 Å². The van der Waals surface area contributed by atoms with Gasteiger partial charge in [-0.2, -0.15) is 0 Å². The maximum Gasteiger partial charge on any atom is 0.335 e. The molecule has 5 heteroatoms. The number of hydrogen-bond donors (Lipinski definition) is 1. The standard InChI is InChI=1S/C18H16N2O3/c1-10-7-11(2)15(12(3)8-10)17-20-19-16(23-17)13-5-4-6-14(9-13)18(21)22/h4-9H,1-3H3,(H,21,22). The van der Waals surface area contributed by atoms with Gasteiger partial charge in [0, 0.05) is 11.1 Å². The molecular formula is C18H16N2O3. The summed E-state index contributed by atoms with van der Waals surface area (Å²) in [4.78, 5) is 11.1. The van der Waals surface area contributed by atoms with Gasteiger partial charge in [0.2, 0.25) is 11.8 Å². The lowest BCUT2D eigenvalue weighted by molar-refractivity contribution is 0.0697. The molecule has 23 heavy (non-hydrogen) atoms. The lowest BCUT2D eigenvalue weighted by atomic mass is 10.00. The second-order valence-electron chi connectivity index (χ2n) is 5.57. The Labute approximate surface area is 133 Å². The quantitative estimate of drug-likeness (QED) is 0.790. The summed E-state index contributed by atoms with van der Waals surface area (Å²) in [5.41, 5.74) is 5.01. The molecule has 0 bridgehead atoms. The van der Waals surface area contributed by atoms with Crippen molar-refractivity contribution in [3.05, 3.63) is 58.7 Å². The van der Waals surface area contributed by atoms with Gasteiger partial charge in [0.05, 0.1) is 5.56 Å². The van der Waals surface area contributed by atoms with Crippen LogP contribution in [-0.2, 0) is 0 Å². The van der Waals surface area contributed by atoms with Crippen molar-refractivity contribution in [3.63, 3.8) is 0 Å². The van der Waals surface area contributed by atoms with Crippen LogP contribution in [0, 0.1) is 20.8 Å². The molecule has 0 radical (unpaired) electrons. The minimum absolute atomic E-state index is 0.185. The summed E-state index contributed by atoms with van der Waals surface area (Å²) in [5, 5.41) is 17.3. The molecule has 3 aromatic rings. The Balaban J connectivity index is 2.05. The van der Waals surface area contributed by atoms with Crippen LogP contribution in [0.3, 0.4) is 0 Å². The number of rotatable bonds is 3. The third-order valence-electron chi connectivity index (χ3n) is 3.67. The predicted octanol–water partition coefficient (Wildman–Crippen LogP) is 4.03. The molecule has 1 heterocycles. The van der Waals surface area contributed by atoms with E-state index in [4.69, 9.17) is 9.52 Å². The van der Waals surface area contributed by atoms with Crippen molar-refractivity contribution in [2.45, 2.75) is 20.8 Å². The maximum atomic E-state index is 11.1. The van der Waals surface area contributed by atoms with Crippen molar-refractivity contribution in [1.82, 2.24) is 10.2 Å². The molecule has 0 aliphatic carbocycles. The summed E-state index contributed by atoms with van der Waals surface area (Å²) in [5.74, 6) is -0.241. The molecule has 0 saturated carbocycles. The smallest absolute Gasteiger partial charge is 0.335 e. The van der Waals surface area contributed by atoms with Crippen LogP contribution in [0.5, 0.6) is 0 Å². The lowest BCUT2D eigenvalue weighted by Crippen LogP contribution is -1.95. The first-order valence-electron chi connectivity index (χ1n) is 7.21. The van der Waals surface area contributed by atoms with Gasteiger partial charge in [0.15, 0.2) is 0 Å². The molecule has 0 saturated heterocycles. The van der Waals surface area contributed by atoms with Crippen molar-refractivity contribution >= 4 is 5.97 Å². The Morgan fingerprint density at radius 3 is 2.30 bits per heavy atom. The largest absolute Gasteiger partial charge is 0.478 e. The Hall–Kier alpha value is -2.95. The number of nitrogens with zero attached hydrogens (tertiary/aromatic N) is 2. The Kier molecular flexibility index (Phi) is 3.70. The molecule has 2 aromatic carbocycles. The topological polar surface area (TPSA) is 76.2 Å². The summed E-state index contributed by atoms with van der Waals surface area (Å²) >= 11 is 0. The van der Waals surface area contributed by atoms with E-state index in [0.717, 1.165) is 16.7 Å². The first-order chi connectivity index (χ1) is 11.0. The van der Waals surface area contributed by atoms with E-state index in [-0.39, 0.29) is 5.56 Å². The van der Waals surface area contributed by atoms with Crippen LogP contribution in [-0.4, -0.2) is 21.3 Å². The SMILES string of the molecule is Cc1cc(C)c(-c2nnc(-c3cccc(C(=O)O)c3)o2)c(C)c1. The van der Waals surface area contributed by atoms with Crippen LogP contribution in [0.2, 0.25) is 0 Å². The van der Waals surface area contributed by atoms with E-state index in [2.05, 4.69) is 22.3 Å². The van der Waals surface area contributed by atoms with Gasteiger partial charge in [-0.15, -0.1) is 10.2 Å². The number of aromatic carboxylic acids is 1. The van der Waals surface area contributed by atoms with E-state index in [1.165, 1.54) is 17.7 Å². The second-order valence-corrected chi connectivity index (χ2v) is 5.57. The number of aryl methyl sites for hydroxylation is 3. The summed E-state index contributed by atoms with van der Waals surface area (Å²) in [6.07, 6.45) is 0. The van der Waals surface area contributed by atoms with E-state index in [0.29, 0.717) is 17.3 Å². The van der Waals surface area contributed by atoms with E-state index in [9.17, 15) is 4.79 Å². The number of benzene rings is 2. The first-order valence-corrected chi connectivity index (χ1v) is 7.21. The minimum Gasteiger partial charge on any atom is -0.478 e. The highest BCUT2D eigenvalue weighted by molar-refractivity contribution is 5.89. The fourth-order valence-electron chi connectivity index (χ4n) is 2.74. The molecule has 0 fully saturated rings. The molecule has 0 aliphatic heterocycles. The summed E-state index contributed by atoms with van der Waals surface area (Å²) < 4.78 is 5.78. The average molecular weight is 308 g/mol. The van der Waals surface area contributed by atoms with Crippen LogP contribution in [0.4, 0.5) is 0 Å². The number of carboxylic acids is 1. The molecular weight excluding hydrogens is 292 g/mol. The molecule has 0 spiro atoms. The zero-order valence-corrected chi connectivity index (χ0v) is 13.1. The lowest BCUT2D eigenvalue weighted by Gasteiger charge is -2.07. The summed E-state index contributed by atoms with van der Waals surface area (Å²) in [6.45, 7) is 6.05. The summed E-state index contributed by atoms with van der Waals surface area (Å²) in [7, 11) is 0. The monoisotopic (exact) mass is 308 g/mol. The van der Waals surface area contributed by atoms with E-state index in [1.54, 1.807) is 12.1 Å². The highest BCUT2D eigenvalue weighted by atomic mass is 16.4. The Morgan fingerprint density at radius 2 is 1.65 bits per heavy atom. The van der Waals surface area contributed by atoms with Crippen molar-refractivity contribution in [2.75, 3.05) is 0 Å². The molecule has 3 rings (SSSR count). The minimum atomic E-state index is -0.989. The van der Waals surface area contributed by atoms with Gasteiger partial charge in [0.1, 0.15) is 0 Å². The van der Waals surface area contributed by atoms with Gasteiger partial charge >= 0.3 is 5.97 Å². The first kappa shape index (κ1) is 15.0. The Morgan fingerprint density at radius 1 is 1.00 bits per heavy atom. The van der Waals surface area contributed by atoms with E-state index >= 15 is 0 Å². The number of aromatic nitrogens is 2. The molecule has 0 unspecified atom stereocenters. The van der Waals surface area contributed by atoms with Crippen LogP contribution >= 0.6 is 0 Å². The van der Waals surface area contributed by atoms with Gasteiger partial charge in [-0.25, -0.2) is 4.79 Å². The van der Waals surface area contributed by atoms with Crippen LogP contribution in [0.15, 0.2) is 40.8 Å². The highest BCUT2D eigenvalue weighted by Gasteiger charge is 2.16. The molecule has 0 aliphatic rings. The number of hydrogen-bond acceptors (Lipinski definition) is 4. The zero-order valence-electron chi connectivity index (χ0n) is 13.1. The third-order valence-corrected chi connectivity index (χ3v) is 3.67. The fourth-order valence-corrected chi connectivity index (χ4v) is 2.74. The van der Waals surface area contributed by atoms with Gasteiger partial charge < -0.3 is 9.52 Å². The van der Waals surface area contributed by atoms with Crippen molar-refractivity contribution in [1.29, 1.82) is 0 Å². The van der Waals surface area contributed by atoms with Gasteiger partial charge in [-0.3, -0.25) is 0 Å². The third kappa shape index (κ3) is 2.85. The van der Waals surface area contributed by atoms with Gasteiger partial charge in [0.25, 0.3) is 0 Å². The molecule has 1 aromatic heterocycles. The molecule has 0 amide bonds. The molecule has 0 atom stereocenters. The highest BCUT2D eigenvalue weighted by Crippen LogP contribution is 2.30. The fraction of sp³-hybridized carbons (Fsp3) is 0.167. The van der Waals surface area contributed by atoms with Gasteiger partial charge in [-0.1, -0.05) is 23.8 Å². The molecule has 5 nitrogen and oxygen atoms in total. The van der Waals surface area contributed by atoms with Crippen LogP contribution < -0.4 is 0 Å². The normalized spacial score (nSPS) is 10.7. The van der Waals surface area contributed by atoms with Crippen molar-refractivity contribution in [2.24, 2.45) is 0 Å². The predicted molar refractivity (Wildman–Crippen MR) is 86.3 cm³/mol. The Bertz CT molecular complexity index is 874. The zero-order chi connectivity index (χ0) is 16.6. The van der Waals surface area contributed by atoms with E-state index < -0.39 is 5.97 Å². The number of carbonyl (C=O) groups is 1.